The van der Waals surface area contributed by atoms with Crippen LogP contribution in [0.3, 0.4) is 0 Å². The summed E-state index contributed by atoms with van der Waals surface area (Å²) in [5, 5.41) is 0. The number of aromatic nitrogens is 2. The summed E-state index contributed by atoms with van der Waals surface area (Å²) in [6.07, 6.45) is 4.17. The van der Waals surface area contributed by atoms with Crippen LogP contribution in [0.15, 0.2) is 83.0 Å². The number of benzene rings is 1. The Morgan fingerprint density at radius 1 is 0.565 bits per heavy atom. The van der Waals surface area contributed by atoms with E-state index in [1.807, 2.05) is 60.7 Å². The number of hydrogen-bond acceptors (Lipinski definition) is 4. The standard InChI is InChI=1S/C19H14N4/c1-2-10-17-16(9-1)22-18(14-7-3-5-11-20-14)13-19(23-17)15-8-4-6-12-21-15/h1-12H,13H2. The monoisotopic (exact) mass is 298 g/mol. The summed E-state index contributed by atoms with van der Waals surface area (Å²) in [6.45, 7) is 0. The highest BCUT2D eigenvalue weighted by Crippen LogP contribution is 2.32. The highest BCUT2D eigenvalue weighted by molar-refractivity contribution is 6.19. The molecule has 110 valence electrons. The van der Waals surface area contributed by atoms with Crippen molar-refractivity contribution in [2.24, 2.45) is 9.98 Å². The average Bonchev–Trinajstić information content (AvgIpc) is 2.83. The minimum Gasteiger partial charge on any atom is -0.255 e. The van der Waals surface area contributed by atoms with Crippen LogP contribution in [-0.4, -0.2) is 21.4 Å². The Kier molecular flexibility index (Phi) is 3.48. The van der Waals surface area contributed by atoms with E-state index >= 15 is 0 Å². The van der Waals surface area contributed by atoms with Gasteiger partial charge in [0.05, 0.1) is 34.2 Å². The molecule has 0 radical (unpaired) electrons. The fraction of sp³-hybridized carbons (Fsp3) is 0.0526. The first-order chi connectivity index (χ1) is 11.4. The van der Waals surface area contributed by atoms with Gasteiger partial charge in [-0.25, -0.2) is 9.98 Å². The molecule has 0 N–H and O–H groups in total. The summed E-state index contributed by atoms with van der Waals surface area (Å²) in [5.74, 6) is 0. The van der Waals surface area contributed by atoms with Crippen molar-refractivity contribution in [3.63, 3.8) is 0 Å². The maximum atomic E-state index is 4.80. The van der Waals surface area contributed by atoms with Crippen LogP contribution in [0.2, 0.25) is 0 Å². The predicted octanol–water partition coefficient (Wildman–Crippen LogP) is 4.12. The van der Waals surface area contributed by atoms with Gasteiger partial charge < -0.3 is 0 Å². The molecule has 1 aromatic carbocycles. The van der Waals surface area contributed by atoms with Gasteiger partial charge in [-0.1, -0.05) is 24.3 Å². The van der Waals surface area contributed by atoms with Crippen LogP contribution in [-0.2, 0) is 0 Å². The molecule has 2 aromatic heterocycles. The molecule has 4 heteroatoms. The Labute approximate surface area is 134 Å². The number of nitrogens with zero attached hydrogens (tertiary/aromatic N) is 4. The van der Waals surface area contributed by atoms with Crippen molar-refractivity contribution in [3.05, 3.63) is 84.4 Å². The van der Waals surface area contributed by atoms with Crippen molar-refractivity contribution in [1.29, 1.82) is 0 Å². The Morgan fingerprint density at radius 3 is 1.48 bits per heavy atom. The summed E-state index contributed by atoms with van der Waals surface area (Å²) in [7, 11) is 0. The van der Waals surface area contributed by atoms with Crippen molar-refractivity contribution in [2.45, 2.75) is 6.42 Å². The lowest BCUT2D eigenvalue weighted by molar-refractivity contribution is 1.24. The highest BCUT2D eigenvalue weighted by Gasteiger charge is 2.17. The highest BCUT2D eigenvalue weighted by atomic mass is 14.9. The van der Waals surface area contributed by atoms with E-state index in [1.54, 1.807) is 12.4 Å². The van der Waals surface area contributed by atoms with Crippen LogP contribution in [0.5, 0.6) is 0 Å². The summed E-state index contributed by atoms with van der Waals surface area (Å²) >= 11 is 0. The van der Waals surface area contributed by atoms with E-state index in [-0.39, 0.29) is 0 Å². The molecule has 0 saturated carbocycles. The van der Waals surface area contributed by atoms with Gasteiger partial charge >= 0.3 is 0 Å². The fourth-order valence-corrected chi connectivity index (χ4v) is 2.54. The van der Waals surface area contributed by atoms with Crippen LogP contribution in [0.1, 0.15) is 17.8 Å². The molecular weight excluding hydrogens is 284 g/mol. The Bertz CT molecular complexity index is 809. The van der Waals surface area contributed by atoms with Crippen LogP contribution >= 0.6 is 0 Å². The summed E-state index contributed by atoms with van der Waals surface area (Å²) < 4.78 is 0. The quantitative estimate of drug-likeness (QED) is 0.714. The van der Waals surface area contributed by atoms with Crippen LogP contribution in [0.4, 0.5) is 11.4 Å². The smallest absolute Gasteiger partial charge is 0.0890 e. The van der Waals surface area contributed by atoms with Gasteiger partial charge in [-0.2, -0.15) is 0 Å². The van der Waals surface area contributed by atoms with Gasteiger partial charge in [-0.3, -0.25) is 9.97 Å². The van der Waals surface area contributed by atoms with E-state index in [0.29, 0.717) is 6.42 Å². The van der Waals surface area contributed by atoms with Gasteiger partial charge in [0.25, 0.3) is 0 Å². The number of aliphatic imine (C=N–C) groups is 2. The Balaban J connectivity index is 1.87. The summed E-state index contributed by atoms with van der Waals surface area (Å²) in [5.41, 5.74) is 5.26. The second-order valence-corrected chi connectivity index (χ2v) is 5.21. The molecule has 0 amide bonds. The summed E-state index contributed by atoms with van der Waals surface area (Å²) in [6, 6.07) is 19.6. The van der Waals surface area contributed by atoms with Crippen molar-refractivity contribution < 1.29 is 0 Å². The lowest BCUT2D eigenvalue weighted by Crippen LogP contribution is -2.12. The van der Waals surface area contributed by atoms with E-state index in [2.05, 4.69) is 9.97 Å². The number of pyridine rings is 2. The topological polar surface area (TPSA) is 50.5 Å². The molecule has 3 heterocycles. The minimum atomic E-state index is 0.600. The molecule has 1 aliphatic rings. The molecular formula is C19H14N4. The Morgan fingerprint density at radius 2 is 1.04 bits per heavy atom. The third kappa shape index (κ3) is 2.79. The first kappa shape index (κ1) is 13.5. The molecule has 0 unspecified atom stereocenters. The van der Waals surface area contributed by atoms with Gasteiger partial charge in [-0.15, -0.1) is 0 Å². The molecule has 0 fully saturated rings. The third-order valence-electron chi connectivity index (χ3n) is 3.65. The van der Waals surface area contributed by atoms with Crippen molar-refractivity contribution in [2.75, 3.05) is 0 Å². The minimum absolute atomic E-state index is 0.600. The SMILES string of the molecule is c1ccc(C2=Nc3ccccc3N=C(c3ccccn3)C2)nc1. The maximum absolute atomic E-state index is 4.80. The van der Waals surface area contributed by atoms with E-state index in [0.717, 1.165) is 34.2 Å². The lowest BCUT2D eigenvalue weighted by atomic mass is 10.1. The van der Waals surface area contributed by atoms with Crippen molar-refractivity contribution in [1.82, 2.24) is 9.97 Å². The lowest BCUT2D eigenvalue weighted by Gasteiger charge is -2.06. The van der Waals surface area contributed by atoms with Gasteiger partial charge in [0, 0.05) is 18.8 Å². The average molecular weight is 298 g/mol. The summed E-state index contributed by atoms with van der Waals surface area (Å²) in [4.78, 5) is 18.5. The first-order valence-corrected chi connectivity index (χ1v) is 7.47. The largest absolute Gasteiger partial charge is 0.255 e. The number of para-hydroxylation sites is 2. The van der Waals surface area contributed by atoms with E-state index in [4.69, 9.17) is 9.98 Å². The maximum Gasteiger partial charge on any atom is 0.0890 e. The molecule has 0 aliphatic carbocycles. The molecule has 4 nitrogen and oxygen atoms in total. The second-order valence-electron chi connectivity index (χ2n) is 5.21. The zero-order chi connectivity index (χ0) is 15.5. The van der Waals surface area contributed by atoms with Gasteiger partial charge in [-0.05, 0) is 36.4 Å². The molecule has 23 heavy (non-hydrogen) atoms. The zero-order valence-corrected chi connectivity index (χ0v) is 12.4. The predicted molar refractivity (Wildman–Crippen MR) is 91.9 cm³/mol. The second kappa shape index (κ2) is 5.93. The molecule has 1 aliphatic heterocycles. The van der Waals surface area contributed by atoms with Crippen LogP contribution in [0, 0.1) is 0 Å². The van der Waals surface area contributed by atoms with E-state index in [1.165, 1.54) is 0 Å². The number of rotatable bonds is 2. The first-order valence-electron chi connectivity index (χ1n) is 7.47. The molecule has 0 atom stereocenters. The van der Waals surface area contributed by atoms with Gasteiger partial charge in [0.15, 0.2) is 0 Å². The number of fused-ring (bicyclic) bond motifs is 1. The zero-order valence-electron chi connectivity index (χ0n) is 12.4. The van der Waals surface area contributed by atoms with E-state index < -0.39 is 0 Å². The Hall–Kier alpha value is -3.14. The van der Waals surface area contributed by atoms with Crippen molar-refractivity contribution in [3.8, 4) is 0 Å². The van der Waals surface area contributed by atoms with Crippen LogP contribution < -0.4 is 0 Å². The number of hydrogen-bond donors (Lipinski definition) is 0. The fourth-order valence-electron chi connectivity index (χ4n) is 2.54. The van der Waals surface area contributed by atoms with E-state index in [9.17, 15) is 0 Å². The van der Waals surface area contributed by atoms with Crippen molar-refractivity contribution >= 4 is 22.8 Å². The molecule has 0 spiro atoms. The normalized spacial score (nSPS) is 13.6. The van der Waals surface area contributed by atoms with Gasteiger partial charge in [0.1, 0.15) is 0 Å². The van der Waals surface area contributed by atoms with Gasteiger partial charge in [0.2, 0.25) is 0 Å². The molecule has 0 bridgehead atoms. The molecule has 3 aromatic rings. The molecule has 0 saturated heterocycles. The van der Waals surface area contributed by atoms with Crippen LogP contribution in [0.25, 0.3) is 0 Å². The molecule has 4 rings (SSSR count). The third-order valence-corrected chi connectivity index (χ3v) is 3.65.